The fraction of sp³-hybridized carbons (Fsp3) is 0.650. The van der Waals surface area contributed by atoms with E-state index in [0.29, 0.717) is 5.96 Å². The van der Waals surface area contributed by atoms with Gasteiger partial charge < -0.3 is 20.4 Å². The molecule has 29 heavy (non-hydrogen) atoms. The molecule has 1 aliphatic heterocycles. The Kier molecular flexibility index (Phi) is 11.6. The van der Waals surface area contributed by atoms with Crippen molar-refractivity contribution in [3.63, 3.8) is 0 Å². The highest BCUT2D eigenvalue weighted by molar-refractivity contribution is 14.0. The van der Waals surface area contributed by atoms with Crippen LogP contribution in [0, 0.1) is 5.92 Å². The van der Waals surface area contributed by atoms with E-state index in [9.17, 15) is 9.59 Å². The van der Waals surface area contributed by atoms with Crippen molar-refractivity contribution in [2.75, 3.05) is 40.3 Å². The molecule has 2 N–H and O–H groups in total. The summed E-state index contributed by atoms with van der Waals surface area (Å²) in [5.41, 5.74) is 0. The highest BCUT2D eigenvalue weighted by atomic mass is 127. The van der Waals surface area contributed by atoms with Crippen molar-refractivity contribution in [3.05, 3.63) is 22.4 Å². The molecule has 0 aromatic carbocycles. The summed E-state index contributed by atoms with van der Waals surface area (Å²) in [6.45, 7) is 6.27. The maximum Gasteiger partial charge on any atom is 0.243 e. The average Bonchev–Trinajstić information content (AvgIpc) is 3.19. The van der Waals surface area contributed by atoms with Gasteiger partial charge in [0.25, 0.3) is 0 Å². The number of guanidine groups is 1. The summed E-state index contributed by atoms with van der Waals surface area (Å²) in [5, 5.41) is 8.87. The number of rotatable bonds is 7. The van der Waals surface area contributed by atoms with Crippen molar-refractivity contribution >= 4 is 53.1 Å². The molecule has 2 heterocycles. The van der Waals surface area contributed by atoms with E-state index in [2.05, 4.69) is 33.1 Å². The van der Waals surface area contributed by atoms with E-state index in [1.807, 2.05) is 18.7 Å². The number of likely N-dealkylation sites (tertiary alicyclic amines) is 1. The average molecular weight is 535 g/mol. The molecule has 7 nitrogen and oxygen atoms in total. The van der Waals surface area contributed by atoms with Crippen molar-refractivity contribution in [2.24, 2.45) is 10.9 Å². The number of hydrogen-bond donors (Lipinski definition) is 2. The highest BCUT2D eigenvalue weighted by Gasteiger charge is 2.24. The van der Waals surface area contributed by atoms with Gasteiger partial charge in [-0.3, -0.25) is 9.59 Å². The largest absolute Gasteiger partial charge is 0.356 e. The number of likely N-dealkylation sites (N-methyl/N-ethyl adjacent to an activating group) is 1. The van der Waals surface area contributed by atoms with Crippen LogP contribution in [0.5, 0.6) is 0 Å². The van der Waals surface area contributed by atoms with Gasteiger partial charge in [0.1, 0.15) is 6.54 Å². The van der Waals surface area contributed by atoms with E-state index >= 15 is 0 Å². The van der Waals surface area contributed by atoms with E-state index in [1.165, 1.54) is 4.88 Å². The first kappa shape index (κ1) is 25.7. The molecule has 2 amide bonds. The lowest BCUT2D eigenvalue weighted by atomic mass is 10.0. The Bertz CT molecular complexity index is 656. The number of amides is 2. The summed E-state index contributed by atoms with van der Waals surface area (Å²) < 4.78 is 0. The summed E-state index contributed by atoms with van der Waals surface area (Å²) in [5.74, 6) is 0.896. The predicted octanol–water partition coefficient (Wildman–Crippen LogP) is 2.18. The molecule has 0 bridgehead atoms. The Balaban J connectivity index is 0.00000420. The molecule has 0 unspecified atom stereocenters. The molecule has 0 spiro atoms. The molecule has 1 aromatic heterocycles. The van der Waals surface area contributed by atoms with Crippen LogP contribution in [0.15, 0.2) is 22.5 Å². The Morgan fingerprint density at radius 1 is 1.31 bits per heavy atom. The zero-order valence-corrected chi connectivity index (χ0v) is 21.0. The number of nitrogens with zero attached hydrogens (tertiary/aromatic N) is 3. The van der Waals surface area contributed by atoms with Crippen LogP contribution in [0.4, 0.5) is 0 Å². The summed E-state index contributed by atoms with van der Waals surface area (Å²) in [4.78, 5) is 33.3. The third-order valence-electron chi connectivity index (χ3n) is 4.76. The van der Waals surface area contributed by atoms with Gasteiger partial charge in [-0.15, -0.1) is 35.3 Å². The first-order valence-electron chi connectivity index (χ1n) is 9.93. The van der Waals surface area contributed by atoms with Crippen molar-refractivity contribution in [1.29, 1.82) is 0 Å². The first-order valence-corrected chi connectivity index (χ1v) is 10.8. The molecule has 1 fully saturated rings. The van der Waals surface area contributed by atoms with Crippen LogP contribution in [0.3, 0.4) is 0 Å². The second-order valence-electron chi connectivity index (χ2n) is 7.61. The van der Waals surface area contributed by atoms with Crippen LogP contribution < -0.4 is 10.6 Å². The van der Waals surface area contributed by atoms with E-state index in [-0.39, 0.29) is 54.3 Å². The maximum atomic E-state index is 12.2. The van der Waals surface area contributed by atoms with Gasteiger partial charge in [0.15, 0.2) is 5.96 Å². The number of carbonyl (C=O) groups is 2. The van der Waals surface area contributed by atoms with Gasteiger partial charge in [-0.05, 0) is 30.7 Å². The molecule has 0 atom stereocenters. The molecule has 2 rings (SSSR count). The fourth-order valence-corrected chi connectivity index (χ4v) is 3.71. The lowest BCUT2D eigenvalue weighted by Crippen LogP contribution is -2.50. The van der Waals surface area contributed by atoms with Crippen molar-refractivity contribution in [1.82, 2.24) is 20.4 Å². The van der Waals surface area contributed by atoms with E-state index in [1.54, 1.807) is 30.3 Å². The lowest BCUT2D eigenvalue weighted by molar-refractivity contribution is -0.135. The van der Waals surface area contributed by atoms with Gasteiger partial charge >= 0.3 is 0 Å². The summed E-state index contributed by atoms with van der Waals surface area (Å²) in [6, 6.07) is 4.42. The molecule has 9 heteroatoms. The smallest absolute Gasteiger partial charge is 0.243 e. The SMILES string of the molecule is CC(C)C(=O)N1CCC(NC(=NCC(=O)N(C)C)NCCc2cccs2)CC1.I. The van der Waals surface area contributed by atoms with Gasteiger partial charge in [-0.2, -0.15) is 0 Å². The Labute approximate surface area is 195 Å². The molecule has 0 saturated carbocycles. The maximum absolute atomic E-state index is 12.2. The summed E-state index contributed by atoms with van der Waals surface area (Å²) >= 11 is 1.74. The van der Waals surface area contributed by atoms with Gasteiger partial charge in [-0.25, -0.2) is 4.99 Å². The number of hydrogen-bond acceptors (Lipinski definition) is 4. The van der Waals surface area contributed by atoms with Crippen molar-refractivity contribution < 1.29 is 9.59 Å². The minimum Gasteiger partial charge on any atom is -0.356 e. The van der Waals surface area contributed by atoms with Crippen LogP contribution in [-0.4, -0.2) is 73.9 Å². The second-order valence-corrected chi connectivity index (χ2v) is 8.64. The number of piperidine rings is 1. The predicted molar refractivity (Wildman–Crippen MR) is 130 cm³/mol. The molecular formula is C20H34IN5O2S. The van der Waals surface area contributed by atoms with E-state index in [0.717, 1.165) is 38.9 Å². The molecule has 0 aliphatic carbocycles. The van der Waals surface area contributed by atoms with Gasteiger partial charge in [0.05, 0.1) is 0 Å². The minimum atomic E-state index is -0.0308. The fourth-order valence-electron chi connectivity index (χ4n) is 3.00. The van der Waals surface area contributed by atoms with Crippen LogP contribution in [0.25, 0.3) is 0 Å². The number of halogens is 1. The quantitative estimate of drug-likeness (QED) is 0.319. The Morgan fingerprint density at radius 2 is 2.00 bits per heavy atom. The summed E-state index contributed by atoms with van der Waals surface area (Å²) in [7, 11) is 3.47. The highest BCUT2D eigenvalue weighted by Crippen LogP contribution is 2.13. The van der Waals surface area contributed by atoms with Gasteiger partial charge in [-0.1, -0.05) is 19.9 Å². The van der Waals surface area contributed by atoms with Crippen LogP contribution in [0.1, 0.15) is 31.6 Å². The normalized spacial score (nSPS) is 15.1. The zero-order chi connectivity index (χ0) is 20.5. The summed E-state index contributed by atoms with van der Waals surface area (Å²) in [6.07, 6.45) is 2.68. The van der Waals surface area contributed by atoms with Crippen LogP contribution in [0.2, 0.25) is 0 Å². The van der Waals surface area contributed by atoms with Gasteiger partial charge in [0, 0.05) is 50.6 Å². The van der Waals surface area contributed by atoms with Gasteiger partial charge in [0.2, 0.25) is 11.8 Å². The topological polar surface area (TPSA) is 77.0 Å². The number of nitrogens with one attached hydrogen (secondary N) is 2. The zero-order valence-electron chi connectivity index (χ0n) is 17.8. The molecule has 1 aromatic rings. The van der Waals surface area contributed by atoms with E-state index in [4.69, 9.17) is 0 Å². The van der Waals surface area contributed by atoms with Crippen LogP contribution in [-0.2, 0) is 16.0 Å². The Morgan fingerprint density at radius 3 is 2.55 bits per heavy atom. The van der Waals surface area contributed by atoms with E-state index < -0.39 is 0 Å². The van der Waals surface area contributed by atoms with Crippen molar-refractivity contribution in [3.8, 4) is 0 Å². The van der Waals surface area contributed by atoms with Crippen molar-refractivity contribution in [2.45, 2.75) is 39.2 Å². The first-order chi connectivity index (χ1) is 13.4. The molecule has 164 valence electrons. The molecule has 1 aliphatic rings. The Hall–Kier alpha value is -1.36. The molecule has 1 saturated heterocycles. The standard InChI is InChI=1S/C20H33N5O2S.HI/c1-15(2)19(27)25-11-8-16(9-12-25)23-20(22-14-18(26)24(3)4)21-10-7-17-6-5-13-28-17;/h5-6,13,15-16H,7-12,14H2,1-4H3,(H2,21,22,23);1H. The minimum absolute atomic E-state index is 0. The number of carbonyl (C=O) groups excluding carboxylic acids is 2. The molecule has 0 radical (unpaired) electrons. The lowest BCUT2D eigenvalue weighted by Gasteiger charge is -2.34. The second kappa shape index (κ2) is 13.0. The number of aliphatic imine (C=N–C) groups is 1. The third-order valence-corrected chi connectivity index (χ3v) is 5.69. The van der Waals surface area contributed by atoms with Crippen LogP contribution >= 0.6 is 35.3 Å². The number of thiophene rings is 1. The third kappa shape index (κ3) is 8.90. The monoisotopic (exact) mass is 535 g/mol. The molecular weight excluding hydrogens is 501 g/mol.